The van der Waals surface area contributed by atoms with Crippen LogP contribution in [-0.4, -0.2) is 39.5 Å². The molecule has 0 unspecified atom stereocenters. The summed E-state index contributed by atoms with van der Waals surface area (Å²) in [5.41, 5.74) is 5.85. The van der Waals surface area contributed by atoms with Crippen LogP contribution in [-0.2, 0) is 10.0 Å². The topological polar surface area (TPSA) is 75.4 Å². The van der Waals surface area contributed by atoms with Gasteiger partial charge in [0.05, 0.1) is 10.7 Å². The molecule has 7 heteroatoms. The van der Waals surface area contributed by atoms with Crippen molar-refractivity contribution < 1.29 is 8.42 Å². The van der Waals surface area contributed by atoms with E-state index in [2.05, 4.69) is 23.5 Å². The average molecular weight is 320 g/mol. The standard InChI is InChI=1S/C13H22ClN3O2S/c1-3-17(4-2)10-6-9-16-20(18,19)13-11(14)7-5-8-12(13)15/h5,7-8,16H,3-4,6,9-10,15H2,1-2H3. The highest BCUT2D eigenvalue weighted by molar-refractivity contribution is 7.89. The van der Waals surface area contributed by atoms with E-state index >= 15 is 0 Å². The highest BCUT2D eigenvalue weighted by atomic mass is 35.5. The fourth-order valence-electron chi connectivity index (χ4n) is 1.93. The van der Waals surface area contributed by atoms with Gasteiger partial charge < -0.3 is 10.6 Å². The summed E-state index contributed by atoms with van der Waals surface area (Å²) in [6, 6.07) is 4.66. The molecule has 0 fully saturated rings. The first-order valence-corrected chi connectivity index (χ1v) is 8.54. The second-order valence-electron chi connectivity index (χ2n) is 4.44. The van der Waals surface area contributed by atoms with Gasteiger partial charge in [0.15, 0.2) is 0 Å². The Labute approximate surface area is 126 Å². The van der Waals surface area contributed by atoms with Crippen molar-refractivity contribution in [1.29, 1.82) is 0 Å². The number of nitrogen functional groups attached to an aromatic ring is 1. The minimum atomic E-state index is -3.66. The number of nitrogens with one attached hydrogen (secondary N) is 1. The van der Waals surface area contributed by atoms with E-state index in [1.165, 1.54) is 12.1 Å². The van der Waals surface area contributed by atoms with E-state index in [0.717, 1.165) is 26.1 Å². The summed E-state index contributed by atoms with van der Waals surface area (Å²) in [6.45, 7) is 7.30. The molecular formula is C13H22ClN3O2S. The summed E-state index contributed by atoms with van der Waals surface area (Å²) < 4.78 is 26.9. The zero-order valence-electron chi connectivity index (χ0n) is 11.9. The number of hydrogen-bond donors (Lipinski definition) is 2. The van der Waals surface area contributed by atoms with Crippen LogP contribution in [0, 0.1) is 0 Å². The third-order valence-corrected chi connectivity index (χ3v) is 5.11. The number of hydrogen-bond acceptors (Lipinski definition) is 4. The molecule has 114 valence electrons. The Morgan fingerprint density at radius 1 is 1.30 bits per heavy atom. The molecule has 0 amide bonds. The zero-order valence-corrected chi connectivity index (χ0v) is 13.5. The van der Waals surface area contributed by atoms with Crippen LogP contribution in [0.3, 0.4) is 0 Å². The highest BCUT2D eigenvalue weighted by Gasteiger charge is 2.20. The summed E-state index contributed by atoms with van der Waals surface area (Å²) in [5, 5.41) is 0.140. The zero-order chi connectivity index (χ0) is 15.2. The number of nitrogens with zero attached hydrogens (tertiary/aromatic N) is 1. The fourth-order valence-corrected chi connectivity index (χ4v) is 3.68. The molecule has 0 atom stereocenters. The smallest absolute Gasteiger partial charge is 0.244 e. The lowest BCUT2D eigenvalue weighted by molar-refractivity contribution is 0.300. The van der Waals surface area contributed by atoms with Gasteiger partial charge in [0.25, 0.3) is 0 Å². The minimum absolute atomic E-state index is 0.0375. The average Bonchev–Trinajstić information content (AvgIpc) is 2.38. The van der Waals surface area contributed by atoms with Crippen molar-refractivity contribution in [3.63, 3.8) is 0 Å². The van der Waals surface area contributed by atoms with Crippen LogP contribution in [0.1, 0.15) is 20.3 Å². The summed E-state index contributed by atoms with van der Waals surface area (Å²) in [6.07, 6.45) is 0.741. The first kappa shape index (κ1) is 17.2. The molecule has 0 radical (unpaired) electrons. The molecule has 0 bridgehead atoms. The van der Waals surface area contributed by atoms with Gasteiger partial charge in [0, 0.05) is 6.54 Å². The molecule has 0 aliphatic rings. The fraction of sp³-hybridized carbons (Fsp3) is 0.538. The molecule has 20 heavy (non-hydrogen) atoms. The second kappa shape index (κ2) is 7.83. The first-order valence-electron chi connectivity index (χ1n) is 6.68. The van der Waals surface area contributed by atoms with Gasteiger partial charge in [-0.05, 0) is 38.2 Å². The summed E-state index contributed by atoms with van der Waals surface area (Å²) in [5.74, 6) is 0. The van der Waals surface area contributed by atoms with E-state index < -0.39 is 10.0 Å². The molecule has 0 aliphatic heterocycles. The van der Waals surface area contributed by atoms with Gasteiger partial charge in [-0.2, -0.15) is 0 Å². The van der Waals surface area contributed by atoms with Gasteiger partial charge in [0.1, 0.15) is 4.90 Å². The third kappa shape index (κ3) is 4.63. The van der Waals surface area contributed by atoms with Crippen molar-refractivity contribution in [2.24, 2.45) is 0 Å². The molecule has 0 spiro atoms. The molecule has 0 saturated heterocycles. The lowest BCUT2D eigenvalue weighted by atomic mass is 10.3. The molecule has 0 heterocycles. The number of anilines is 1. The Kier molecular flexibility index (Phi) is 6.75. The molecular weight excluding hydrogens is 298 g/mol. The van der Waals surface area contributed by atoms with Gasteiger partial charge in [-0.1, -0.05) is 31.5 Å². The normalized spacial score (nSPS) is 12.0. The van der Waals surface area contributed by atoms with Crippen molar-refractivity contribution >= 4 is 27.3 Å². The van der Waals surface area contributed by atoms with Gasteiger partial charge in [-0.25, -0.2) is 13.1 Å². The van der Waals surface area contributed by atoms with Crippen LogP contribution in [0.2, 0.25) is 5.02 Å². The van der Waals surface area contributed by atoms with Gasteiger partial charge in [-0.15, -0.1) is 0 Å². The molecule has 5 nitrogen and oxygen atoms in total. The van der Waals surface area contributed by atoms with Gasteiger partial charge >= 0.3 is 0 Å². The van der Waals surface area contributed by atoms with E-state index in [1.54, 1.807) is 6.07 Å². The first-order chi connectivity index (χ1) is 9.42. The third-order valence-electron chi connectivity index (χ3n) is 3.10. The molecule has 1 aromatic rings. The van der Waals surface area contributed by atoms with E-state index in [4.69, 9.17) is 17.3 Å². The Bertz CT molecular complexity index is 510. The SMILES string of the molecule is CCN(CC)CCCNS(=O)(=O)c1c(N)cccc1Cl. The molecule has 0 aliphatic carbocycles. The van der Waals surface area contributed by atoms with E-state index in [9.17, 15) is 8.42 Å². The molecule has 1 aromatic carbocycles. The molecule has 3 N–H and O–H groups in total. The molecule has 1 rings (SSSR count). The maximum atomic E-state index is 12.2. The van der Waals surface area contributed by atoms with Gasteiger partial charge in [-0.3, -0.25) is 0 Å². The van der Waals surface area contributed by atoms with Crippen molar-refractivity contribution in [2.45, 2.75) is 25.2 Å². The Morgan fingerprint density at radius 3 is 2.50 bits per heavy atom. The largest absolute Gasteiger partial charge is 0.398 e. The molecule has 0 aromatic heterocycles. The van der Waals surface area contributed by atoms with Crippen molar-refractivity contribution in [1.82, 2.24) is 9.62 Å². The van der Waals surface area contributed by atoms with Crippen LogP contribution in [0.5, 0.6) is 0 Å². The number of benzene rings is 1. The van der Waals surface area contributed by atoms with Crippen molar-refractivity contribution in [2.75, 3.05) is 31.9 Å². The lowest BCUT2D eigenvalue weighted by Gasteiger charge is -2.18. The predicted octanol–water partition coefficient (Wildman–Crippen LogP) is 1.93. The number of sulfonamides is 1. The van der Waals surface area contributed by atoms with Gasteiger partial charge in [0.2, 0.25) is 10.0 Å². The van der Waals surface area contributed by atoms with Crippen LogP contribution < -0.4 is 10.5 Å². The summed E-state index contributed by atoms with van der Waals surface area (Å²) in [7, 11) is -3.66. The number of rotatable bonds is 8. The lowest BCUT2D eigenvalue weighted by Crippen LogP contribution is -2.30. The maximum Gasteiger partial charge on any atom is 0.244 e. The van der Waals surface area contributed by atoms with E-state index in [0.29, 0.717) is 6.54 Å². The Morgan fingerprint density at radius 2 is 1.95 bits per heavy atom. The van der Waals surface area contributed by atoms with Crippen molar-refractivity contribution in [3.05, 3.63) is 23.2 Å². The number of nitrogens with two attached hydrogens (primary N) is 1. The second-order valence-corrected chi connectivity index (χ2v) is 6.55. The number of halogens is 1. The summed E-state index contributed by atoms with van der Waals surface area (Å²) in [4.78, 5) is 2.20. The minimum Gasteiger partial charge on any atom is -0.398 e. The quantitative estimate of drug-likeness (QED) is 0.567. The van der Waals surface area contributed by atoms with Crippen LogP contribution in [0.4, 0.5) is 5.69 Å². The predicted molar refractivity (Wildman–Crippen MR) is 83.5 cm³/mol. The Hall–Kier alpha value is -0.820. The Balaban J connectivity index is 2.63. The van der Waals surface area contributed by atoms with E-state index in [-0.39, 0.29) is 15.6 Å². The monoisotopic (exact) mass is 319 g/mol. The van der Waals surface area contributed by atoms with Crippen LogP contribution in [0.25, 0.3) is 0 Å². The van der Waals surface area contributed by atoms with Crippen LogP contribution >= 0.6 is 11.6 Å². The van der Waals surface area contributed by atoms with Crippen LogP contribution in [0.15, 0.2) is 23.1 Å². The molecule has 0 saturated carbocycles. The van der Waals surface area contributed by atoms with Crippen molar-refractivity contribution in [3.8, 4) is 0 Å². The van der Waals surface area contributed by atoms with E-state index in [1.807, 2.05) is 0 Å². The summed E-state index contributed by atoms with van der Waals surface area (Å²) >= 11 is 5.91. The maximum absolute atomic E-state index is 12.2. The highest BCUT2D eigenvalue weighted by Crippen LogP contribution is 2.26.